The zero-order valence-corrected chi connectivity index (χ0v) is 14.1. The molecule has 0 atom stereocenters. The first-order valence-corrected chi connectivity index (χ1v) is 9.81. The van der Waals surface area contributed by atoms with Crippen molar-refractivity contribution in [3.63, 3.8) is 0 Å². The Hall–Kier alpha value is -0.983. The Labute approximate surface area is 122 Å². The molecule has 0 unspecified atom stereocenters. The van der Waals surface area contributed by atoms with Crippen molar-refractivity contribution in [1.82, 2.24) is 4.90 Å². The normalized spacial score (nSPS) is 16.4. The van der Waals surface area contributed by atoms with Crippen LogP contribution in [0.15, 0.2) is 12.2 Å². The van der Waals surface area contributed by atoms with Crippen molar-refractivity contribution < 1.29 is 18.8 Å². The van der Waals surface area contributed by atoms with Crippen LogP contribution in [0, 0.1) is 0 Å². The fraction of sp³-hybridized carbons (Fsp3) is 0.714. The summed E-state index contributed by atoms with van der Waals surface area (Å²) in [6.07, 6.45) is 2.56. The standard InChI is InChI=1S/C14H25NO4Si/c1-14(2,3)20(4,5)19-11-10-18-9-8-15-12(16)6-7-13(15)17/h6-7H,8-11H2,1-5H3. The van der Waals surface area contributed by atoms with E-state index in [4.69, 9.17) is 9.16 Å². The van der Waals surface area contributed by atoms with E-state index in [1.807, 2.05) is 0 Å². The van der Waals surface area contributed by atoms with Gasteiger partial charge in [-0.15, -0.1) is 0 Å². The Morgan fingerprint density at radius 2 is 1.60 bits per heavy atom. The Bertz CT molecular complexity index is 380. The Morgan fingerprint density at radius 1 is 1.05 bits per heavy atom. The maximum Gasteiger partial charge on any atom is 0.253 e. The average molecular weight is 299 g/mol. The lowest BCUT2D eigenvalue weighted by Crippen LogP contribution is -2.41. The van der Waals surface area contributed by atoms with Gasteiger partial charge in [-0.05, 0) is 18.1 Å². The van der Waals surface area contributed by atoms with Crippen molar-refractivity contribution >= 4 is 20.1 Å². The molecule has 20 heavy (non-hydrogen) atoms. The van der Waals surface area contributed by atoms with Crippen molar-refractivity contribution in [3.05, 3.63) is 12.2 Å². The highest BCUT2D eigenvalue weighted by molar-refractivity contribution is 6.74. The minimum absolute atomic E-state index is 0.188. The van der Waals surface area contributed by atoms with Crippen molar-refractivity contribution in [2.45, 2.75) is 38.9 Å². The third-order valence-electron chi connectivity index (χ3n) is 3.86. The summed E-state index contributed by atoms with van der Waals surface area (Å²) >= 11 is 0. The lowest BCUT2D eigenvalue weighted by atomic mass is 10.2. The number of carbonyl (C=O) groups excluding carboxylic acids is 2. The lowest BCUT2D eigenvalue weighted by Gasteiger charge is -2.36. The molecule has 0 bridgehead atoms. The number of hydrogen-bond acceptors (Lipinski definition) is 4. The highest BCUT2D eigenvalue weighted by Gasteiger charge is 2.36. The Kier molecular flexibility index (Phi) is 5.67. The maximum absolute atomic E-state index is 11.3. The quantitative estimate of drug-likeness (QED) is 0.409. The van der Waals surface area contributed by atoms with Crippen LogP contribution in [0.5, 0.6) is 0 Å². The number of carbonyl (C=O) groups is 2. The summed E-state index contributed by atoms with van der Waals surface area (Å²) < 4.78 is 11.4. The first kappa shape index (κ1) is 17.1. The van der Waals surface area contributed by atoms with Crippen molar-refractivity contribution in [2.24, 2.45) is 0 Å². The maximum atomic E-state index is 11.3. The molecule has 1 aliphatic rings. The highest BCUT2D eigenvalue weighted by Crippen LogP contribution is 2.36. The molecule has 0 saturated heterocycles. The van der Waals surface area contributed by atoms with E-state index in [2.05, 4.69) is 33.9 Å². The van der Waals surface area contributed by atoms with Crippen LogP contribution in [0.4, 0.5) is 0 Å². The number of nitrogens with zero attached hydrogens (tertiary/aromatic N) is 1. The van der Waals surface area contributed by atoms with E-state index in [0.717, 1.165) is 0 Å². The summed E-state index contributed by atoms with van der Waals surface area (Å²) in [5.41, 5.74) is 0. The van der Waals surface area contributed by atoms with Crippen LogP contribution in [-0.4, -0.2) is 51.4 Å². The number of ether oxygens (including phenoxy) is 1. The molecular formula is C14H25NO4Si. The van der Waals surface area contributed by atoms with Gasteiger partial charge in [-0.2, -0.15) is 0 Å². The van der Waals surface area contributed by atoms with E-state index < -0.39 is 8.32 Å². The summed E-state index contributed by atoms with van der Waals surface area (Å²) in [5.74, 6) is -0.535. The number of imide groups is 1. The topological polar surface area (TPSA) is 55.8 Å². The van der Waals surface area contributed by atoms with E-state index >= 15 is 0 Å². The zero-order chi connectivity index (χ0) is 15.4. The molecule has 0 spiro atoms. The summed E-state index contributed by atoms with van der Waals surface area (Å²) in [7, 11) is -1.72. The van der Waals surface area contributed by atoms with Crippen LogP contribution in [-0.2, 0) is 18.8 Å². The van der Waals surface area contributed by atoms with Gasteiger partial charge < -0.3 is 9.16 Å². The van der Waals surface area contributed by atoms with Crippen LogP contribution in [0.25, 0.3) is 0 Å². The fourth-order valence-electron chi connectivity index (χ4n) is 1.48. The first-order valence-electron chi connectivity index (χ1n) is 6.90. The van der Waals surface area contributed by atoms with E-state index in [9.17, 15) is 9.59 Å². The fourth-order valence-corrected chi connectivity index (χ4v) is 2.51. The van der Waals surface area contributed by atoms with Gasteiger partial charge in [0, 0.05) is 12.2 Å². The van der Waals surface area contributed by atoms with Crippen LogP contribution >= 0.6 is 0 Å². The molecule has 1 rings (SSSR count). The summed E-state index contributed by atoms with van der Waals surface area (Å²) in [6.45, 7) is 12.6. The van der Waals surface area contributed by atoms with Gasteiger partial charge in [-0.25, -0.2) is 0 Å². The van der Waals surface area contributed by atoms with Crippen LogP contribution in [0.2, 0.25) is 18.1 Å². The third kappa shape index (κ3) is 4.54. The molecule has 0 fully saturated rings. The molecule has 0 N–H and O–H groups in total. The highest BCUT2D eigenvalue weighted by atomic mass is 28.4. The third-order valence-corrected chi connectivity index (χ3v) is 8.39. The van der Waals surface area contributed by atoms with Crippen molar-refractivity contribution in [2.75, 3.05) is 26.4 Å². The van der Waals surface area contributed by atoms with Gasteiger partial charge in [0.1, 0.15) is 0 Å². The van der Waals surface area contributed by atoms with E-state index in [0.29, 0.717) is 26.4 Å². The molecular weight excluding hydrogens is 274 g/mol. The lowest BCUT2D eigenvalue weighted by molar-refractivity contribution is -0.137. The molecule has 5 nitrogen and oxygen atoms in total. The second-order valence-corrected chi connectivity index (χ2v) is 11.2. The molecule has 1 heterocycles. The number of rotatable bonds is 7. The molecule has 6 heteroatoms. The summed E-state index contributed by atoms with van der Waals surface area (Å²) in [6, 6.07) is 0. The summed E-state index contributed by atoms with van der Waals surface area (Å²) in [5, 5.41) is 0.188. The minimum atomic E-state index is -1.72. The van der Waals surface area contributed by atoms with Crippen LogP contribution in [0.3, 0.4) is 0 Å². The van der Waals surface area contributed by atoms with Crippen molar-refractivity contribution in [3.8, 4) is 0 Å². The van der Waals surface area contributed by atoms with E-state index in [-0.39, 0.29) is 16.9 Å². The first-order chi connectivity index (χ1) is 9.15. The molecule has 0 aromatic carbocycles. The smallest absolute Gasteiger partial charge is 0.253 e. The van der Waals surface area contributed by atoms with Gasteiger partial charge in [0.15, 0.2) is 8.32 Å². The SMILES string of the molecule is CC(C)(C)[Si](C)(C)OCCOCCN1C(=O)C=CC1=O. The Balaban J connectivity index is 2.15. The molecule has 1 aliphatic heterocycles. The van der Waals surface area contributed by atoms with Crippen molar-refractivity contribution in [1.29, 1.82) is 0 Å². The molecule has 0 aromatic heterocycles. The monoisotopic (exact) mass is 299 g/mol. The summed E-state index contributed by atoms with van der Waals surface area (Å²) in [4.78, 5) is 23.8. The van der Waals surface area contributed by atoms with Crippen LogP contribution in [0.1, 0.15) is 20.8 Å². The van der Waals surface area contributed by atoms with Gasteiger partial charge in [0.2, 0.25) is 0 Å². The molecule has 0 aliphatic carbocycles. The zero-order valence-electron chi connectivity index (χ0n) is 13.1. The van der Waals surface area contributed by atoms with Gasteiger partial charge in [-0.1, -0.05) is 20.8 Å². The molecule has 0 radical (unpaired) electrons. The molecule has 114 valence electrons. The minimum Gasteiger partial charge on any atom is -0.414 e. The largest absolute Gasteiger partial charge is 0.414 e. The average Bonchev–Trinajstić information content (AvgIpc) is 2.63. The second kappa shape index (κ2) is 6.65. The van der Waals surface area contributed by atoms with E-state index in [1.165, 1.54) is 17.1 Å². The second-order valence-electron chi connectivity index (χ2n) is 6.38. The number of hydrogen-bond donors (Lipinski definition) is 0. The molecule has 0 aromatic rings. The van der Waals surface area contributed by atoms with Crippen LogP contribution < -0.4 is 0 Å². The van der Waals surface area contributed by atoms with Gasteiger partial charge in [0.05, 0.1) is 26.4 Å². The Morgan fingerprint density at radius 3 is 2.10 bits per heavy atom. The molecule has 2 amide bonds. The van der Waals surface area contributed by atoms with E-state index in [1.54, 1.807) is 0 Å². The predicted molar refractivity (Wildman–Crippen MR) is 79.8 cm³/mol. The number of amides is 2. The predicted octanol–water partition coefficient (Wildman–Crippen LogP) is 1.95. The van der Waals surface area contributed by atoms with Gasteiger partial charge in [0.25, 0.3) is 11.8 Å². The molecule has 0 saturated carbocycles. The van der Waals surface area contributed by atoms with Gasteiger partial charge in [-0.3, -0.25) is 14.5 Å². The van der Waals surface area contributed by atoms with Gasteiger partial charge >= 0.3 is 0 Å².